The van der Waals surface area contributed by atoms with Gasteiger partial charge >= 0.3 is 0 Å². The van der Waals surface area contributed by atoms with Crippen molar-refractivity contribution in [2.75, 3.05) is 18.4 Å². The number of hydrogen-bond donors (Lipinski definition) is 2. The number of carbonyl (C=O) groups is 2. The number of nitrogens with two attached hydrogens (primary N) is 1. The highest BCUT2D eigenvalue weighted by Crippen LogP contribution is 2.22. The summed E-state index contributed by atoms with van der Waals surface area (Å²) >= 11 is 0. The van der Waals surface area contributed by atoms with E-state index >= 15 is 0 Å². The number of amides is 2. The van der Waals surface area contributed by atoms with Crippen LogP contribution in [0.3, 0.4) is 0 Å². The molecule has 0 aliphatic carbocycles. The summed E-state index contributed by atoms with van der Waals surface area (Å²) in [6.07, 6.45) is 4.93. The molecule has 2 heterocycles. The molecule has 148 valence electrons. The zero-order chi connectivity index (χ0) is 20.3. The molecule has 1 aromatic heterocycles. The van der Waals surface area contributed by atoms with Gasteiger partial charge in [-0.3, -0.25) is 9.59 Å². The van der Waals surface area contributed by atoms with Crippen molar-refractivity contribution < 1.29 is 22.6 Å². The molecule has 2 amide bonds. The van der Waals surface area contributed by atoms with Crippen LogP contribution in [0.5, 0.6) is 0 Å². The molecule has 1 aliphatic heterocycles. The third-order valence-electron chi connectivity index (χ3n) is 4.76. The minimum atomic E-state index is -3.48. The highest BCUT2D eigenvalue weighted by molar-refractivity contribution is 7.89. The molecule has 0 spiro atoms. The topological polar surface area (TPSA) is 113 Å². The second-order valence-electron chi connectivity index (χ2n) is 6.70. The van der Waals surface area contributed by atoms with Crippen LogP contribution < -0.4 is 15.6 Å². The average molecular weight is 403 g/mol. The molecule has 1 fully saturated rings. The molecule has 28 heavy (non-hydrogen) atoms. The van der Waals surface area contributed by atoms with Gasteiger partial charge in [-0.1, -0.05) is 0 Å². The van der Waals surface area contributed by atoms with Crippen molar-refractivity contribution in [3.8, 4) is 0 Å². The predicted octanol–water partition coefficient (Wildman–Crippen LogP) is 1.06. The maximum atomic E-state index is 12.5. The summed E-state index contributed by atoms with van der Waals surface area (Å²) in [5.41, 5.74) is 6.07. The predicted molar refractivity (Wildman–Crippen MR) is 103 cm³/mol. The van der Waals surface area contributed by atoms with Gasteiger partial charge in [-0.15, -0.1) is 0 Å². The Bertz CT molecular complexity index is 983. The zero-order valence-corrected chi connectivity index (χ0v) is 16.4. The van der Waals surface area contributed by atoms with Crippen molar-refractivity contribution in [2.45, 2.75) is 30.7 Å². The number of pyridine rings is 1. The Kier molecular flexibility index (Phi) is 5.76. The van der Waals surface area contributed by atoms with Gasteiger partial charge in [-0.05, 0) is 43.2 Å². The SMILES string of the molecule is C[C@H](C(=O)Nc1ccc(S(=O)(=O)N2CCCC2)cc1)[n+]1cccc(C(N)=O)c1. The number of primary amides is 1. The van der Waals surface area contributed by atoms with Crippen LogP contribution in [0.25, 0.3) is 0 Å². The number of sulfonamides is 1. The van der Waals surface area contributed by atoms with Crippen molar-refractivity contribution in [3.63, 3.8) is 0 Å². The Hall–Kier alpha value is -2.78. The molecule has 0 saturated carbocycles. The van der Waals surface area contributed by atoms with Crippen LogP contribution in [0.2, 0.25) is 0 Å². The maximum Gasteiger partial charge on any atom is 0.293 e. The van der Waals surface area contributed by atoms with Gasteiger partial charge in [0.1, 0.15) is 5.56 Å². The highest BCUT2D eigenvalue weighted by Gasteiger charge is 2.27. The molecular formula is C19H23N4O4S+. The molecule has 1 atom stereocenters. The molecule has 2 aromatic rings. The van der Waals surface area contributed by atoms with Gasteiger partial charge in [-0.25, -0.2) is 8.42 Å². The van der Waals surface area contributed by atoms with Crippen LogP contribution in [0.1, 0.15) is 36.2 Å². The number of nitrogens with one attached hydrogen (secondary N) is 1. The number of nitrogens with zero attached hydrogens (tertiary/aromatic N) is 2. The van der Waals surface area contributed by atoms with Crippen molar-refractivity contribution in [1.29, 1.82) is 0 Å². The van der Waals surface area contributed by atoms with Crippen LogP contribution in [0, 0.1) is 0 Å². The van der Waals surface area contributed by atoms with E-state index in [1.165, 1.54) is 22.6 Å². The molecule has 1 aliphatic rings. The third kappa shape index (κ3) is 4.20. The fraction of sp³-hybridized carbons (Fsp3) is 0.316. The number of anilines is 1. The fourth-order valence-corrected chi connectivity index (χ4v) is 4.57. The van der Waals surface area contributed by atoms with Crippen LogP contribution in [-0.2, 0) is 14.8 Å². The monoisotopic (exact) mass is 403 g/mol. The molecule has 0 bridgehead atoms. The van der Waals surface area contributed by atoms with E-state index in [1.807, 2.05) is 0 Å². The van der Waals surface area contributed by atoms with Crippen LogP contribution >= 0.6 is 0 Å². The quantitative estimate of drug-likeness (QED) is 0.702. The number of rotatable bonds is 6. The standard InChI is InChI=1S/C19H22N4O4S/c1-14(22-10-4-5-15(13-22)18(20)24)19(25)21-16-6-8-17(9-7-16)28(26,27)23-11-2-3-12-23/h4-10,13-14H,2-3,11-12H2,1H3,(H2-,20,21,24,25)/p+1/t14-/m1/s1. The Morgan fingerprint density at radius 2 is 1.79 bits per heavy atom. The molecule has 8 nitrogen and oxygen atoms in total. The fourth-order valence-electron chi connectivity index (χ4n) is 3.05. The van der Waals surface area contributed by atoms with Crippen molar-refractivity contribution >= 4 is 27.5 Å². The van der Waals surface area contributed by atoms with Crippen LogP contribution in [0.15, 0.2) is 53.7 Å². The largest absolute Gasteiger partial charge is 0.365 e. The summed E-state index contributed by atoms with van der Waals surface area (Å²) in [6.45, 7) is 2.77. The zero-order valence-electron chi connectivity index (χ0n) is 15.5. The summed E-state index contributed by atoms with van der Waals surface area (Å²) in [6, 6.07) is 8.75. The number of hydrogen-bond acceptors (Lipinski definition) is 4. The van der Waals surface area contributed by atoms with E-state index in [9.17, 15) is 18.0 Å². The normalized spacial score (nSPS) is 15.9. The molecular weight excluding hydrogens is 380 g/mol. The highest BCUT2D eigenvalue weighted by atomic mass is 32.2. The first kappa shape index (κ1) is 20.0. The molecule has 1 saturated heterocycles. The molecule has 9 heteroatoms. The number of benzene rings is 1. The van der Waals surface area contributed by atoms with Crippen LogP contribution in [-0.4, -0.2) is 37.6 Å². The molecule has 3 N–H and O–H groups in total. The third-order valence-corrected chi connectivity index (χ3v) is 6.67. The summed E-state index contributed by atoms with van der Waals surface area (Å²) in [4.78, 5) is 24.0. The number of aromatic nitrogens is 1. The minimum Gasteiger partial charge on any atom is -0.365 e. The van der Waals surface area contributed by atoms with E-state index < -0.39 is 22.0 Å². The lowest BCUT2D eigenvalue weighted by Crippen LogP contribution is -2.44. The number of carbonyl (C=O) groups excluding carboxylic acids is 2. The van der Waals surface area contributed by atoms with Crippen molar-refractivity contribution in [3.05, 3.63) is 54.4 Å². The van der Waals surface area contributed by atoms with Gasteiger partial charge in [-0.2, -0.15) is 8.87 Å². The maximum absolute atomic E-state index is 12.5. The summed E-state index contributed by atoms with van der Waals surface area (Å²) in [5, 5.41) is 2.75. The minimum absolute atomic E-state index is 0.212. The van der Waals surface area contributed by atoms with Gasteiger partial charge in [0, 0.05) is 31.8 Å². The molecule has 0 unspecified atom stereocenters. The van der Waals surface area contributed by atoms with E-state index in [-0.39, 0.29) is 10.8 Å². The molecule has 3 rings (SSSR count). The first-order valence-corrected chi connectivity index (χ1v) is 10.4. The van der Waals surface area contributed by atoms with Gasteiger partial charge in [0.15, 0.2) is 12.4 Å². The van der Waals surface area contributed by atoms with E-state index in [1.54, 1.807) is 42.0 Å². The Morgan fingerprint density at radius 1 is 1.14 bits per heavy atom. The van der Waals surface area contributed by atoms with Crippen molar-refractivity contribution in [2.24, 2.45) is 5.73 Å². The van der Waals surface area contributed by atoms with E-state index in [2.05, 4.69) is 5.32 Å². The van der Waals surface area contributed by atoms with Gasteiger partial charge in [0.2, 0.25) is 16.1 Å². The summed E-state index contributed by atoms with van der Waals surface area (Å²) in [7, 11) is -3.48. The summed E-state index contributed by atoms with van der Waals surface area (Å²) in [5.74, 6) is -0.876. The lowest BCUT2D eigenvalue weighted by Gasteiger charge is -2.16. The smallest absolute Gasteiger partial charge is 0.293 e. The van der Waals surface area contributed by atoms with E-state index in [0.29, 0.717) is 24.3 Å². The van der Waals surface area contributed by atoms with Crippen LogP contribution in [0.4, 0.5) is 5.69 Å². The molecule has 1 aromatic carbocycles. The first-order chi connectivity index (χ1) is 13.3. The second kappa shape index (κ2) is 8.07. The van der Waals surface area contributed by atoms with Gasteiger partial charge < -0.3 is 11.1 Å². The Morgan fingerprint density at radius 3 is 2.39 bits per heavy atom. The summed E-state index contributed by atoms with van der Waals surface area (Å²) < 4.78 is 28.2. The molecule has 0 radical (unpaired) electrons. The lowest BCUT2D eigenvalue weighted by molar-refractivity contribution is -0.705. The van der Waals surface area contributed by atoms with Gasteiger partial charge in [0.05, 0.1) is 4.90 Å². The Balaban J connectivity index is 1.70. The van der Waals surface area contributed by atoms with Crippen molar-refractivity contribution in [1.82, 2.24) is 4.31 Å². The Labute approximate surface area is 164 Å². The van der Waals surface area contributed by atoms with E-state index in [4.69, 9.17) is 5.73 Å². The first-order valence-electron chi connectivity index (χ1n) is 9.01. The average Bonchev–Trinajstić information content (AvgIpc) is 3.23. The van der Waals surface area contributed by atoms with E-state index in [0.717, 1.165) is 12.8 Å². The lowest BCUT2D eigenvalue weighted by atomic mass is 10.2. The van der Waals surface area contributed by atoms with Gasteiger partial charge in [0.25, 0.3) is 11.8 Å². The second-order valence-corrected chi connectivity index (χ2v) is 8.64.